The average molecular weight is 310 g/mol. The Morgan fingerprint density at radius 3 is 2.80 bits per heavy atom. The van der Waals surface area contributed by atoms with Gasteiger partial charge < -0.3 is 5.11 Å². The first-order valence-electron chi connectivity index (χ1n) is 6.61. The van der Waals surface area contributed by atoms with Gasteiger partial charge in [-0.1, -0.05) is 23.7 Å². The highest BCUT2D eigenvalue weighted by atomic mass is 35.5. The Kier molecular flexibility index (Phi) is 4.01. The van der Waals surface area contributed by atoms with Crippen LogP contribution in [0.4, 0.5) is 0 Å². The second kappa shape index (κ2) is 5.76. The smallest absolute Gasteiger partial charge is 0.137 e. The number of aliphatic hydroxyl groups is 1. The van der Waals surface area contributed by atoms with Crippen molar-refractivity contribution >= 4 is 23.4 Å². The van der Waals surface area contributed by atoms with E-state index >= 15 is 0 Å². The van der Waals surface area contributed by atoms with Crippen LogP contribution in [0.15, 0.2) is 36.9 Å². The van der Waals surface area contributed by atoms with Gasteiger partial charge in [-0.05, 0) is 36.3 Å². The molecule has 1 aliphatic heterocycles. The second-order valence-corrected chi connectivity index (χ2v) is 6.77. The molecule has 0 aliphatic carbocycles. The number of thioether (sulfide) groups is 1. The highest BCUT2D eigenvalue weighted by Gasteiger charge is 2.41. The minimum Gasteiger partial charge on any atom is -0.382 e. The van der Waals surface area contributed by atoms with Crippen molar-refractivity contribution in [3.05, 3.63) is 47.5 Å². The first-order valence-corrected chi connectivity index (χ1v) is 8.03. The van der Waals surface area contributed by atoms with Crippen molar-refractivity contribution in [2.75, 3.05) is 5.75 Å². The van der Waals surface area contributed by atoms with Crippen LogP contribution in [0, 0.1) is 0 Å². The predicted octanol–water partition coefficient (Wildman–Crippen LogP) is 2.71. The van der Waals surface area contributed by atoms with E-state index in [2.05, 4.69) is 10.1 Å². The molecular formula is C14H16ClN3OS. The second-order valence-electron chi connectivity index (χ2n) is 5.03. The van der Waals surface area contributed by atoms with Gasteiger partial charge in [-0.2, -0.15) is 16.9 Å². The molecule has 6 heteroatoms. The molecule has 1 fully saturated rings. The van der Waals surface area contributed by atoms with Crippen LogP contribution in [0.25, 0.3) is 0 Å². The van der Waals surface area contributed by atoms with Gasteiger partial charge in [0.1, 0.15) is 18.3 Å². The molecule has 0 unspecified atom stereocenters. The molecule has 3 rings (SSSR count). The minimum atomic E-state index is -0.945. The molecule has 2 heterocycles. The molecule has 1 N–H and O–H groups in total. The fourth-order valence-corrected chi connectivity index (χ4v) is 4.20. The lowest BCUT2D eigenvalue weighted by atomic mass is 9.88. The zero-order valence-corrected chi connectivity index (χ0v) is 12.5. The van der Waals surface area contributed by atoms with E-state index in [4.69, 9.17) is 11.6 Å². The Labute approximate surface area is 127 Å². The summed E-state index contributed by atoms with van der Waals surface area (Å²) in [5, 5.41) is 16.3. The zero-order chi connectivity index (χ0) is 14.0. The van der Waals surface area contributed by atoms with Crippen molar-refractivity contribution in [3.8, 4) is 0 Å². The number of aromatic nitrogens is 3. The molecule has 0 bridgehead atoms. The highest BCUT2D eigenvalue weighted by Crippen LogP contribution is 2.41. The highest BCUT2D eigenvalue weighted by molar-refractivity contribution is 8.00. The molecule has 20 heavy (non-hydrogen) atoms. The lowest BCUT2D eigenvalue weighted by molar-refractivity contribution is 0.0121. The first-order chi connectivity index (χ1) is 9.68. The van der Waals surface area contributed by atoms with Gasteiger partial charge in [-0.3, -0.25) is 0 Å². The molecule has 0 saturated carbocycles. The molecule has 1 saturated heterocycles. The molecule has 1 aromatic carbocycles. The van der Waals surface area contributed by atoms with E-state index in [0.717, 1.165) is 24.2 Å². The molecule has 0 amide bonds. The van der Waals surface area contributed by atoms with Crippen LogP contribution < -0.4 is 0 Å². The number of hydrogen-bond donors (Lipinski definition) is 1. The monoisotopic (exact) mass is 309 g/mol. The number of hydrogen-bond acceptors (Lipinski definition) is 4. The first kappa shape index (κ1) is 13.9. The van der Waals surface area contributed by atoms with Crippen LogP contribution >= 0.6 is 23.4 Å². The summed E-state index contributed by atoms with van der Waals surface area (Å²) in [6, 6.07) is 7.45. The van der Waals surface area contributed by atoms with Crippen LogP contribution in [0.1, 0.15) is 18.4 Å². The van der Waals surface area contributed by atoms with Crippen molar-refractivity contribution in [2.24, 2.45) is 0 Å². The van der Waals surface area contributed by atoms with Crippen LogP contribution in [0.3, 0.4) is 0 Å². The van der Waals surface area contributed by atoms with Gasteiger partial charge in [0.2, 0.25) is 0 Å². The Morgan fingerprint density at radius 1 is 1.40 bits per heavy atom. The third-order valence-electron chi connectivity index (χ3n) is 3.68. The maximum atomic E-state index is 11.3. The van der Waals surface area contributed by atoms with E-state index < -0.39 is 5.60 Å². The van der Waals surface area contributed by atoms with Crippen molar-refractivity contribution < 1.29 is 5.11 Å². The quantitative estimate of drug-likeness (QED) is 0.943. The molecule has 4 nitrogen and oxygen atoms in total. The summed E-state index contributed by atoms with van der Waals surface area (Å²) < 4.78 is 1.69. The third kappa shape index (κ3) is 2.71. The number of halogens is 1. The van der Waals surface area contributed by atoms with E-state index in [1.165, 1.54) is 6.33 Å². The van der Waals surface area contributed by atoms with Crippen molar-refractivity contribution in [1.29, 1.82) is 0 Å². The normalized spacial score (nSPS) is 21.8. The maximum absolute atomic E-state index is 11.3. The summed E-state index contributed by atoms with van der Waals surface area (Å²) in [6.45, 7) is 0.409. The van der Waals surface area contributed by atoms with Gasteiger partial charge in [0.25, 0.3) is 0 Å². The molecular weight excluding hydrogens is 294 g/mol. The van der Waals surface area contributed by atoms with E-state index in [1.807, 2.05) is 36.0 Å². The molecule has 0 spiro atoms. The van der Waals surface area contributed by atoms with E-state index in [1.54, 1.807) is 11.0 Å². The van der Waals surface area contributed by atoms with Crippen molar-refractivity contribution in [1.82, 2.24) is 14.8 Å². The number of nitrogens with zero attached hydrogens (tertiary/aromatic N) is 3. The van der Waals surface area contributed by atoms with Crippen molar-refractivity contribution in [3.63, 3.8) is 0 Å². The predicted molar refractivity (Wildman–Crippen MR) is 80.9 cm³/mol. The summed E-state index contributed by atoms with van der Waals surface area (Å²) >= 11 is 7.78. The van der Waals surface area contributed by atoms with E-state index in [-0.39, 0.29) is 5.25 Å². The minimum absolute atomic E-state index is 0.174. The Bertz CT molecular complexity index is 554. The summed E-state index contributed by atoms with van der Waals surface area (Å²) in [5.41, 5.74) is -0.0591. The van der Waals surface area contributed by atoms with Gasteiger partial charge in [0.05, 0.1) is 6.54 Å². The molecule has 0 radical (unpaired) electrons. The molecule has 1 aliphatic rings. The van der Waals surface area contributed by atoms with Gasteiger partial charge in [-0.25, -0.2) is 9.67 Å². The molecule has 106 valence electrons. The van der Waals surface area contributed by atoms with E-state index in [0.29, 0.717) is 11.6 Å². The fraction of sp³-hybridized carbons (Fsp3) is 0.429. The van der Waals surface area contributed by atoms with Crippen LogP contribution in [0.2, 0.25) is 5.02 Å². The van der Waals surface area contributed by atoms with Crippen LogP contribution in [0.5, 0.6) is 0 Å². The van der Waals surface area contributed by atoms with E-state index in [9.17, 15) is 5.11 Å². The molecule has 1 aromatic heterocycles. The van der Waals surface area contributed by atoms with Crippen molar-refractivity contribution in [2.45, 2.75) is 30.2 Å². The number of benzene rings is 1. The lowest BCUT2D eigenvalue weighted by Gasteiger charge is -2.34. The van der Waals surface area contributed by atoms with Gasteiger partial charge in [0.15, 0.2) is 0 Å². The van der Waals surface area contributed by atoms with Gasteiger partial charge in [0, 0.05) is 10.3 Å². The number of rotatable bonds is 4. The lowest BCUT2D eigenvalue weighted by Crippen LogP contribution is -2.40. The maximum Gasteiger partial charge on any atom is 0.137 e. The topological polar surface area (TPSA) is 50.9 Å². The van der Waals surface area contributed by atoms with Gasteiger partial charge >= 0.3 is 0 Å². The standard InChI is InChI=1S/C14H16ClN3OS/c15-12-5-3-11(4-6-12)14(19,13-2-1-7-20-13)8-18-10-16-9-17-18/h3-6,9-10,13,19H,1-2,7-8H2/t13-,14+/m1/s1. The average Bonchev–Trinajstić information content (AvgIpc) is 3.12. The fourth-order valence-electron chi connectivity index (χ4n) is 2.63. The molecule has 2 aromatic rings. The largest absolute Gasteiger partial charge is 0.382 e. The Balaban J connectivity index is 1.95. The Morgan fingerprint density at radius 2 is 2.20 bits per heavy atom. The summed E-state index contributed by atoms with van der Waals surface area (Å²) in [6.07, 6.45) is 5.28. The third-order valence-corrected chi connectivity index (χ3v) is 5.48. The van der Waals surface area contributed by atoms with Gasteiger partial charge in [-0.15, -0.1) is 0 Å². The zero-order valence-electron chi connectivity index (χ0n) is 10.9. The molecule has 2 atom stereocenters. The summed E-state index contributed by atoms with van der Waals surface area (Å²) in [5.74, 6) is 1.10. The van der Waals surface area contributed by atoms with Crippen LogP contribution in [-0.4, -0.2) is 30.9 Å². The van der Waals surface area contributed by atoms with Crippen LogP contribution in [-0.2, 0) is 12.1 Å². The SMILES string of the molecule is O[C@@](Cn1cncn1)(c1ccc(Cl)cc1)[C@H]1CCCS1. The summed E-state index contributed by atoms with van der Waals surface area (Å²) in [7, 11) is 0. The Hall–Kier alpha value is -1.04. The summed E-state index contributed by atoms with van der Waals surface area (Å²) in [4.78, 5) is 3.95.